The van der Waals surface area contributed by atoms with Crippen LogP contribution in [0.15, 0.2) is 53.9 Å². The Kier molecular flexibility index (Phi) is 5.14. The van der Waals surface area contributed by atoms with Gasteiger partial charge in [0.05, 0.1) is 24.7 Å². The number of methoxy groups -OCH3 is 1. The lowest BCUT2D eigenvalue weighted by molar-refractivity contribution is -0.113. The number of carbonyl (C=O) groups excluding carboxylic acids is 1. The van der Waals surface area contributed by atoms with E-state index in [0.29, 0.717) is 22.4 Å². The average Bonchev–Trinajstić information content (AvgIpc) is 3.01. The van der Waals surface area contributed by atoms with Gasteiger partial charge in [0, 0.05) is 11.8 Å². The molecule has 25 heavy (non-hydrogen) atoms. The first-order chi connectivity index (χ1) is 12.2. The maximum absolute atomic E-state index is 12.0. The molecule has 0 bridgehead atoms. The largest absolute Gasteiger partial charge is 0.497 e. The topological polar surface area (TPSA) is 108 Å². The molecule has 1 aromatic carbocycles. The standard InChI is InChI=1S/C16H16N6O2S/c1-24-13-6-2-4-11(8-13)15-20-21-16(22(15)17)25-10-14(23)19-12-5-3-7-18-9-12/h2-9H,10,17H2,1H3,(H,19,23). The number of amides is 1. The van der Waals surface area contributed by atoms with E-state index in [-0.39, 0.29) is 11.7 Å². The van der Waals surface area contributed by atoms with Crippen LogP contribution in [0.3, 0.4) is 0 Å². The number of nitrogens with two attached hydrogens (primary N) is 1. The summed E-state index contributed by atoms with van der Waals surface area (Å²) in [5.74, 6) is 7.23. The number of nitrogens with one attached hydrogen (secondary N) is 1. The molecule has 128 valence electrons. The zero-order chi connectivity index (χ0) is 17.6. The third-order valence-corrected chi connectivity index (χ3v) is 4.21. The van der Waals surface area contributed by atoms with Crippen molar-refractivity contribution >= 4 is 23.4 Å². The van der Waals surface area contributed by atoms with Gasteiger partial charge in [-0.2, -0.15) is 0 Å². The van der Waals surface area contributed by atoms with Gasteiger partial charge in [-0.15, -0.1) is 10.2 Å². The minimum atomic E-state index is -0.177. The number of anilines is 1. The molecule has 0 spiro atoms. The lowest BCUT2D eigenvalue weighted by Crippen LogP contribution is -2.16. The van der Waals surface area contributed by atoms with Gasteiger partial charge < -0.3 is 15.9 Å². The van der Waals surface area contributed by atoms with Crippen LogP contribution in [0.25, 0.3) is 11.4 Å². The monoisotopic (exact) mass is 356 g/mol. The molecule has 3 rings (SSSR count). The van der Waals surface area contributed by atoms with Crippen LogP contribution in [0.1, 0.15) is 0 Å². The second kappa shape index (κ2) is 7.67. The lowest BCUT2D eigenvalue weighted by Gasteiger charge is -2.06. The van der Waals surface area contributed by atoms with E-state index in [1.807, 2.05) is 24.3 Å². The van der Waals surface area contributed by atoms with Gasteiger partial charge in [0.15, 0.2) is 5.82 Å². The molecule has 1 amide bonds. The molecule has 0 unspecified atom stereocenters. The Morgan fingerprint density at radius 1 is 1.32 bits per heavy atom. The van der Waals surface area contributed by atoms with E-state index < -0.39 is 0 Å². The van der Waals surface area contributed by atoms with Gasteiger partial charge in [0.1, 0.15) is 5.75 Å². The molecule has 0 fully saturated rings. The molecular weight excluding hydrogens is 340 g/mol. The molecule has 0 aliphatic rings. The van der Waals surface area contributed by atoms with Crippen LogP contribution in [0.2, 0.25) is 0 Å². The van der Waals surface area contributed by atoms with Crippen LogP contribution < -0.4 is 15.9 Å². The predicted molar refractivity (Wildman–Crippen MR) is 95.8 cm³/mol. The molecule has 8 nitrogen and oxygen atoms in total. The smallest absolute Gasteiger partial charge is 0.234 e. The molecule has 0 aliphatic carbocycles. The van der Waals surface area contributed by atoms with E-state index in [2.05, 4.69) is 20.5 Å². The Balaban J connectivity index is 1.66. The Morgan fingerprint density at radius 3 is 2.96 bits per heavy atom. The molecule has 2 heterocycles. The van der Waals surface area contributed by atoms with Gasteiger partial charge in [-0.05, 0) is 24.3 Å². The first-order valence-electron chi connectivity index (χ1n) is 7.35. The number of carbonyl (C=O) groups is 1. The van der Waals surface area contributed by atoms with Crippen LogP contribution in [-0.4, -0.2) is 38.6 Å². The third-order valence-electron chi connectivity index (χ3n) is 3.27. The number of rotatable bonds is 6. The Bertz CT molecular complexity index is 868. The maximum Gasteiger partial charge on any atom is 0.234 e. The molecular formula is C16H16N6O2S. The third kappa shape index (κ3) is 4.07. The second-order valence-electron chi connectivity index (χ2n) is 4.99. The molecule has 3 N–H and O–H groups in total. The highest BCUT2D eigenvalue weighted by Crippen LogP contribution is 2.24. The predicted octanol–water partition coefficient (Wildman–Crippen LogP) is 1.79. The molecule has 3 aromatic rings. The van der Waals surface area contributed by atoms with Crippen molar-refractivity contribution in [1.82, 2.24) is 19.9 Å². The highest BCUT2D eigenvalue weighted by atomic mass is 32.2. The summed E-state index contributed by atoms with van der Waals surface area (Å²) in [5.41, 5.74) is 1.42. The van der Waals surface area contributed by atoms with Crippen molar-refractivity contribution in [2.75, 3.05) is 24.0 Å². The molecule has 2 aromatic heterocycles. The molecule has 0 saturated heterocycles. The van der Waals surface area contributed by atoms with Crippen molar-refractivity contribution in [3.8, 4) is 17.1 Å². The number of benzene rings is 1. The van der Waals surface area contributed by atoms with E-state index in [0.717, 1.165) is 5.56 Å². The molecule has 0 atom stereocenters. The SMILES string of the molecule is COc1cccc(-c2nnc(SCC(=O)Nc3cccnc3)n2N)c1. The quantitative estimate of drug-likeness (QED) is 0.512. The summed E-state index contributed by atoms with van der Waals surface area (Å²) in [6.45, 7) is 0. The first kappa shape index (κ1) is 16.8. The lowest BCUT2D eigenvalue weighted by atomic mass is 10.2. The van der Waals surface area contributed by atoms with Crippen molar-refractivity contribution in [2.45, 2.75) is 5.16 Å². The van der Waals surface area contributed by atoms with Gasteiger partial charge in [-0.1, -0.05) is 23.9 Å². The fourth-order valence-electron chi connectivity index (χ4n) is 2.10. The first-order valence-corrected chi connectivity index (χ1v) is 8.33. The molecule has 0 aliphatic heterocycles. The van der Waals surface area contributed by atoms with Crippen LogP contribution in [-0.2, 0) is 4.79 Å². The van der Waals surface area contributed by atoms with E-state index in [4.69, 9.17) is 10.6 Å². The van der Waals surface area contributed by atoms with Crippen molar-refractivity contribution in [2.24, 2.45) is 0 Å². The average molecular weight is 356 g/mol. The maximum atomic E-state index is 12.0. The molecule has 0 saturated carbocycles. The van der Waals surface area contributed by atoms with Gasteiger partial charge >= 0.3 is 0 Å². The Morgan fingerprint density at radius 2 is 2.20 bits per heavy atom. The number of pyridine rings is 1. The van der Waals surface area contributed by atoms with Crippen LogP contribution in [0, 0.1) is 0 Å². The number of nitrogens with zero attached hydrogens (tertiary/aromatic N) is 4. The highest BCUT2D eigenvalue weighted by Gasteiger charge is 2.14. The zero-order valence-electron chi connectivity index (χ0n) is 13.4. The minimum Gasteiger partial charge on any atom is -0.497 e. The number of thioether (sulfide) groups is 1. The number of nitrogen functional groups attached to an aromatic ring is 1. The molecule has 0 radical (unpaired) electrons. The summed E-state index contributed by atoms with van der Waals surface area (Å²) in [7, 11) is 1.59. The fraction of sp³-hybridized carbons (Fsp3) is 0.125. The van der Waals surface area contributed by atoms with E-state index >= 15 is 0 Å². The van der Waals surface area contributed by atoms with Crippen LogP contribution in [0.5, 0.6) is 5.75 Å². The van der Waals surface area contributed by atoms with Crippen LogP contribution >= 0.6 is 11.8 Å². The van der Waals surface area contributed by atoms with Crippen molar-refractivity contribution in [3.63, 3.8) is 0 Å². The highest BCUT2D eigenvalue weighted by molar-refractivity contribution is 7.99. The van der Waals surface area contributed by atoms with Crippen LogP contribution in [0.4, 0.5) is 5.69 Å². The minimum absolute atomic E-state index is 0.155. The normalized spacial score (nSPS) is 10.4. The summed E-state index contributed by atoms with van der Waals surface area (Å²) in [5, 5.41) is 11.3. The summed E-state index contributed by atoms with van der Waals surface area (Å²) in [6, 6.07) is 10.9. The second-order valence-corrected chi connectivity index (χ2v) is 5.93. The molecule has 9 heteroatoms. The fourth-order valence-corrected chi connectivity index (χ4v) is 2.75. The van der Waals surface area contributed by atoms with Crippen molar-refractivity contribution in [1.29, 1.82) is 0 Å². The zero-order valence-corrected chi connectivity index (χ0v) is 14.2. The van der Waals surface area contributed by atoms with Gasteiger partial charge in [0.25, 0.3) is 0 Å². The van der Waals surface area contributed by atoms with Crippen molar-refractivity contribution in [3.05, 3.63) is 48.8 Å². The van der Waals surface area contributed by atoms with E-state index in [1.165, 1.54) is 16.4 Å². The van der Waals surface area contributed by atoms with E-state index in [1.54, 1.807) is 31.6 Å². The summed E-state index contributed by atoms with van der Waals surface area (Å²) in [6.07, 6.45) is 3.22. The number of hydrogen-bond acceptors (Lipinski definition) is 7. The summed E-state index contributed by atoms with van der Waals surface area (Å²) in [4.78, 5) is 15.9. The van der Waals surface area contributed by atoms with Crippen molar-refractivity contribution < 1.29 is 9.53 Å². The van der Waals surface area contributed by atoms with E-state index in [9.17, 15) is 4.79 Å². The van der Waals surface area contributed by atoms with Gasteiger partial charge in [0.2, 0.25) is 11.1 Å². The van der Waals surface area contributed by atoms with Gasteiger partial charge in [-0.25, -0.2) is 4.68 Å². The Hall–Kier alpha value is -3.07. The Labute approximate surface area is 148 Å². The number of hydrogen-bond donors (Lipinski definition) is 2. The summed E-state index contributed by atoms with van der Waals surface area (Å²) >= 11 is 1.20. The number of ether oxygens (including phenoxy) is 1. The number of aromatic nitrogens is 4. The summed E-state index contributed by atoms with van der Waals surface area (Å²) < 4.78 is 6.55. The van der Waals surface area contributed by atoms with Gasteiger partial charge in [-0.3, -0.25) is 9.78 Å².